The van der Waals surface area contributed by atoms with Crippen LogP contribution < -0.4 is 5.32 Å². The molecule has 0 heterocycles. The molecule has 0 saturated carbocycles. The third kappa shape index (κ3) is 7.24. The largest absolute Gasteiger partial charge is 0.312 e. The zero-order chi connectivity index (χ0) is 12.8. The number of hydrogen-bond donors (Lipinski definition) is 1. The van der Waals surface area contributed by atoms with Gasteiger partial charge in [-0.25, -0.2) is 0 Å². The van der Waals surface area contributed by atoms with Gasteiger partial charge in [0.25, 0.3) is 0 Å². The molecule has 2 nitrogen and oxygen atoms in total. The van der Waals surface area contributed by atoms with Crippen LogP contribution in [0.1, 0.15) is 60.8 Å². The van der Waals surface area contributed by atoms with E-state index in [1.165, 1.54) is 19.3 Å². The first kappa shape index (κ1) is 15.9. The van der Waals surface area contributed by atoms with Gasteiger partial charge in [0.05, 0.1) is 0 Å². The van der Waals surface area contributed by atoms with Gasteiger partial charge in [0.15, 0.2) is 0 Å². The van der Waals surface area contributed by atoms with Crippen LogP contribution in [0.5, 0.6) is 0 Å². The van der Waals surface area contributed by atoms with Crippen LogP contribution in [0.2, 0.25) is 0 Å². The summed E-state index contributed by atoms with van der Waals surface area (Å²) < 4.78 is 0. The minimum Gasteiger partial charge on any atom is -0.312 e. The fourth-order valence-corrected chi connectivity index (χ4v) is 1.92. The number of rotatable bonds is 7. The van der Waals surface area contributed by atoms with Crippen molar-refractivity contribution in [2.24, 2.45) is 0 Å². The Labute approximate surface area is 103 Å². The summed E-state index contributed by atoms with van der Waals surface area (Å²) in [6.07, 6.45) is 3.80. The number of nitrogens with zero attached hydrogens (tertiary/aromatic N) is 1. The van der Waals surface area contributed by atoms with Gasteiger partial charge in [-0.2, -0.15) is 0 Å². The van der Waals surface area contributed by atoms with E-state index in [1.54, 1.807) is 0 Å². The summed E-state index contributed by atoms with van der Waals surface area (Å²) in [6.45, 7) is 14.7. The van der Waals surface area contributed by atoms with E-state index in [9.17, 15) is 0 Å². The number of hydrogen-bond acceptors (Lipinski definition) is 2. The van der Waals surface area contributed by atoms with Crippen LogP contribution in [0.25, 0.3) is 0 Å². The Bertz CT molecular complexity index is 172. The van der Waals surface area contributed by atoms with E-state index < -0.39 is 0 Å². The van der Waals surface area contributed by atoms with Gasteiger partial charge in [-0.1, -0.05) is 13.3 Å². The SMILES string of the molecule is CCCC(C)N(C)C(C)CCNC(C)(C)C. The minimum absolute atomic E-state index is 0.243. The Balaban J connectivity index is 3.83. The molecule has 1 N–H and O–H groups in total. The first-order chi connectivity index (χ1) is 7.28. The van der Waals surface area contributed by atoms with Gasteiger partial charge in [-0.15, -0.1) is 0 Å². The quantitative estimate of drug-likeness (QED) is 0.719. The fraction of sp³-hybridized carbons (Fsp3) is 1.00. The predicted octanol–water partition coefficient (Wildman–Crippen LogP) is 3.27. The summed E-state index contributed by atoms with van der Waals surface area (Å²) >= 11 is 0. The van der Waals surface area contributed by atoms with E-state index in [2.05, 4.69) is 58.8 Å². The van der Waals surface area contributed by atoms with Crippen molar-refractivity contribution in [1.82, 2.24) is 10.2 Å². The molecule has 0 aliphatic heterocycles. The van der Waals surface area contributed by atoms with E-state index in [0.29, 0.717) is 12.1 Å². The Hall–Kier alpha value is -0.0800. The Kier molecular flexibility index (Phi) is 7.25. The third-order valence-corrected chi connectivity index (χ3v) is 3.31. The lowest BCUT2D eigenvalue weighted by Crippen LogP contribution is -2.41. The second-order valence-electron chi connectivity index (χ2n) is 6.12. The van der Waals surface area contributed by atoms with Crippen LogP contribution in [0.4, 0.5) is 0 Å². The highest BCUT2D eigenvalue weighted by Crippen LogP contribution is 2.10. The van der Waals surface area contributed by atoms with E-state index in [-0.39, 0.29) is 5.54 Å². The van der Waals surface area contributed by atoms with Crippen molar-refractivity contribution in [2.45, 2.75) is 78.4 Å². The molecule has 0 aromatic carbocycles. The van der Waals surface area contributed by atoms with Gasteiger partial charge in [-0.3, -0.25) is 0 Å². The van der Waals surface area contributed by atoms with Crippen molar-refractivity contribution in [3.8, 4) is 0 Å². The van der Waals surface area contributed by atoms with Gasteiger partial charge in [0.1, 0.15) is 0 Å². The van der Waals surface area contributed by atoms with Crippen molar-refractivity contribution in [3.05, 3.63) is 0 Å². The molecule has 0 spiro atoms. The lowest BCUT2D eigenvalue weighted by molar-refractivity contribution is 0.175. The van der Waals surface area contributed by atoms with Gasteiger partial charge in [0, 0.05) is 17.6 Å². The van der Waals surface area contributed by atoms with Gasteiger partial charge < -0.3 is 10.2 Å². The topological polar surface area (TPSA) is 15.3 Å². The number of nitrogens with one attached hydrogen (secondary N) is 1. The lowest BCUT2D eigenvalue weighted by Gasteiger charge is -2.31. The summed E-state index contributed by atoms with van der Waals surface area (Å²) in [6, 6.07) is 1.37. The molecule has 0 radical (unpaired) electrons. The molecule has 2 heteroatoms. The molecule has 98 valence electrons. The second-order valence-corrected chi connectivity index (χ2v) is 6.12. The monoisotopic (exact) mass is 228 g/mol. The summed E-state index contributed by atoms with van der Waals surface area (Å²) in [5, 5.41) is 3.55. The standard InChI is InChI=1S/C14H32N2/c1-8-9-12(2)16(7)13(3)10-11-15-14(4,5)6/h12-13,15H,8-11H2,1-7H3. The molecule has 0 aliphatic rings. The normalized spacial score (nSPS) is 16.5. The third-order valence-electron chi connectivity index (χ3n) is 3.31. The highest BCUT2D eigenvalue weighted by molar-refractivity contribution is 4.74. The van der Waals surface area contributed by atoms with Crippen LogP contribution in [-0.4, -0.2) is 36.1 Å². The van der Waals surface area contributed by atoms with Crippen LogP contribution in [-0.2, 0) is 0 Å². The minimum atomic E-state index is 0.243. The van der Waals surface area contributed by atoms with Crippen LogP contribution in [0, 0.1) is 0 Å². The molecule has 0 rings (SSSR count). The van der Waals surface area contributed by atoms with Gasteiger partial charge in [-0.05, 0) is 61.1 Å². The molecule has 2 atom stereocenters. The van der Waals surface area contributed by atoms with E-state index in [1.807, 2.05) is 0 Å². The average Bonchev–Trinajstić information content (AvgIpc) is 2.14. The first-order valence-corrected chi connectivity index (χ1v) is 6.75. The maximum Gasteiger partial charge on any atom is 0.00965 e. The molecule has 0 saturated heterocycles. The zero-order valence-electron chi connectivity index (χ0n) is 12.4. The summed E-state index contributed by atoms with van der Waals surface area (Å²) in [5.41, 5.74) is 0.243. The van der Waals surface area contributed by atoms with Crippen molar-refractivity contribution < 1.29 is 0 Å². The maximum absolute atomic E-state index is 3.55. The first-order valence-electron chi connectivity index (χ1n) is 6.75. The molecule has 2 unspecified atom stereocenters. The average molecular weight is 228 g/mol. The molecule has 16 heavy (non-hydrogen) atoms. The molecule has 0 aliphatic carbocycles. The van der Waals surface area contributed by atoms with E-state index in [4.69, 9.17) is 0 Å². The Morgan fingerprint density at radius 1 is 1.06 bits per heavy atom. The van der Waals surface area contributed by atoms with E-state index >= 15 is 0 Å². The van der Waals surface area contributed by atoms with Gasteiger partial charge >= 0.3 is 0 Å². The highest BCUT2D eigenvalue weighted by Gasteiger charge is 2.15. The van der Waals surface area contributed by atoms with E-state index in [0.717, 1.165) is 6.54 Å². The summed E-state index contributed by atoms with van der Waals surface area (Å²) in [4.78, 5) is 2.51. The fourth-order valence-electron chi connectivity index (χ4n) is 1.92. The zero-order valence-corrected chi connectivity index (χ0v) is 12.4. The van der Waals surface area contributed by atoms with Crippen molar-refractivity contribution in [1.29, 1.82) is 0 Å². The maximum atomic E-state index is 3.55. The van der Waals surface area contributed by atoms with Crippen LogP contribution in [0.3, 0.4) is 0 Å². The smallest absolute Gasteiger partial charge is 0.00965 e. The molecule has 0 amide bonds. The highest BCUT2D eigenvalue weighted by atomic mass is 15.1. The molecule has 0 fully saturated rings. The van der Waals surface area contributed by atoms with Crippen molar-refractivity contribution in [3.63, 3.8) is 0 Å². The Morgan fingerprint density at radius 2 is 1.56 bits per heavy atom. The van der Waals surface area contributed by atoms with Crippen molar-refractivity contribution >= 4 is 0 Å². The van der Waals surface area contributed by atoms with Crippen LogP contribution >= 0.6 is 0 Å². The van der Waals surface area contributed by atoms with Crippen LogP contribution in [0.15, 0.2) is 0 Å². The summed E-state index contributed by atoms with van der Waals surface area (Å²) in [5.74, 6) is 0. The molecule has 0 aromatic rings. The molecule has 0 aromatic heterocycles. The molecule has 0 bridgehead atoms. The summed E-state index contributed by atoms with van der Waals surface area (Å²) in [7, 11) is 2.25. The molecular weight excluding hydrogens is 196 g/mol. The second kappa shape index (κ2) is 7.29. The Morgan fingerprint density at radius 3 is 2.00 bits per heavy atom. The molecular formula is C14H32N2. The predicted molar refractivity (Wildman–Crippen MR) is 74.0 cm³/mol. The lowest BCUT2D eigenvalue weighted by atomic mass is 10.1. The van der Waals surface area contributed by atoms with Crippen molar-refractivity contribution in [2.75, 3.05) is 13.6 Å². The van der Waals surface area contributed by atoms with Gasteiger partial charge in [0.2, 0.25) is 0 Å².